The van der Waals surface area contributed by atoms with Crippen LogP contribution in [0.15, 0.2) is 36.4 Å². The first-order valence-corrected chi connectivity index (χ1v) is 10.7. The summed E-state index contributed by atoms with van der Waals surface area (Å²) in [6, 6.07) is 12.0. The second kappa shape index (κ2) is 9.42. The molecule has 0 aromatic heterocycles. The van der Waals surface area contributed by atoms with Crippen molar-refractivity contribution < 1.29 is 14.3 Å². The summed E-state index contributed by atoms with van der Waals surface area (Å²) in [5, 5.41) is 5.20. The van der Waals surface area contributed by atoms with Crippen molar-refractivity contribution >= 4 is 22.4 Å². The summed E-state index contributed by atoms with van der Waals surface area (Å²) in [4.78, 5) is 13.3. The molecule has 4 heteroatoms. The maximum atomic E-state index is 13.3. The van der Waals surface area contributed by atoms with Gasteiger partial charge in [-0.05, 0) is 45.2 Å². The summed E-state index contributed by atoms with van der Waals surface area (Å²) in [7, 11) is 0. The van der Waals surface area contributed by atoms with E-state index in [0.717, 1.165) is 54.3 Å². The van der Waals surface area contributed by atoms with Crippen molar-refractivity contribution in [3.8, 4) is 5.75 Å². The summed E-state index contributed by atoms with van der Waals surface area (Å²) in [5.41, 5.74) is 0.110. The van der Waals surface area contributed by atoms with Crippen LogP contribution in [0.4, 0.5) is 5.69 Å². The number of amides is 1. The van der Waals surface area contributed by atoms with Gasteiger partial charge in [0.05, 0.1) is 6.10 Å². The molecule has 2 aromatic carbocycles. The van der Waals surface area contributed by atoms with Crippen molar-refractivity contribution in [2.75, 3.05) is 11.9 Å². The zero-order valence-corrected chi connectivity index (χ0v) is 17.4. The number of benzene rings is 2. The van der Waals surface area contributed by atoms with Crippen molar-refractivity contribution in [1.29, 1.82) is 0 Å². The highest BCUT2D eigenvalue weighted by molar-refractivity contribution is 6.06. The number of ether oxygens (including phenoxy) is 2. The van der Waals surface area contributed by atoms with Crippen LogP contribution < -0.4 is 10.1 Å². The van der Waals surface area contributed by atoms with E-state index in [1.165, 1.54) is 12.8 Å². The molecule has 0 bridgehead atoms. The van der Waals surface area contributed by atoms with E-state index in [0.29, 0.717) is 6.61 Å². The molecule has 1 amide bonds. The third-order valence-electron chi connectivity index (χ3n) is 5.78. The van der Waals surface area contributed by atoms with Crippen LogP contribution in [0.3, 0.4) is 0 Å². The molecule has 0 heterocycles. The van der Waals surface area contributed by atoms with Crippen LogP contribution in [0.2, 0.25) is 0 Å². The molecule has 0 radical (unpaired) electrons. The maximum Gasteiger partial charge on any atom is 0.256 e. The Hall–Kier alpha value is -2.07. The first-order chi connectivity index (χ1) is 13.6. The lowest BCUT2D eigenvalue weighted by molar-refractivity contribution is -0.143. The zero-order valence-electron chi connectivity index (χ0n) is 17.4. The monoisotopic (exact) mass is 383 g/mol. The quantitative estimate of drug-likeness (QED) is 0.589. The summed E-state index contributed by atoms with van der Waals surface area (Å²) in [5.74, 6) is 0.842. The molecule has 0 aliphatic heterocycles. The number of carbonyl (C=O) groups excluding carboxylic acids is 1. The van der Waals surface area contributed by atoms with Crippen LogP contribution in [0.1, 0.15) is 65.7 Å². The van der Waals surface area contributed by atoms with Crippen LogP contribution in [-0.4, -0.2) is 24.2 Å². The molecule has 1 fully saturated rings. The van der Waals surface area contributed by atoms with E-state index < -0.39 is 5.60 Å². The van der Waals surface area contributed by atoms with Crippen LogP contribution in [-0.2, 0) is 9.53 Å². The molecule has 1 aliphatic carbocycles. The van der Waals surface area contributed by atoms with Crippen LogP contribution in [0.25, 0.3) is 10.8 Å². The van der Waals surface area contributed by atoms with E-state index in [9.17, 15) is 4.79 Å². The minimum atomic E-state index is -0.710. The smallest absolute Gasteiger partial charge is 0.256 e. The van der Waals surface area contributed by atoms with Gasteiger partial charge in [-0.15, -0.1) is 0 Å². The highest BCUT2D eigenvalue weighted by Gasteiger charge is 2.39. The van der Waals surface area contributed by atoms with Gasteiger partial charge >= 0.3 is 0 Å². The fourth-order valence-corrected chi connectivity index (χ4v) is 4.03. The predicted octanol–water partition coefficient (Wildman–Crippen LogP) is 6.09. The predicted molar refractivity (Wildman–Crippen MR) is 115 cm³/mol. The minimum Gasteiger partial charge on any atom is -0.490 e. The van der Waals surface area contributed by atoms with Gasteiger partial charge in [-0.2, -0.15) is 0 Å². The molecule has 28 heavy (non-hydrogen) atoms. The fourth-order valence-electron chi connectivity index (χ4n) is 4.03. The number of anilines is 1. The first-order valence-electron chi connectivity index (χ1n) is 10.7. The lowest BCUT2D eigenvalue weighted by atomic mass is 9.92. The van der Waals surface area contributed by atoms with Crippen LogP contribution in [0, 0.1) is 0 Å². The summed E-state index contributed by atoms with van der Waals surface area (Å²) in [6.45, 7) is 6.70. The SMILES string of the molecule is CCOC1(C(=O)Nc2ccc(O[C@H](C)CC)c3ccccc23)CCCCCC1. The molecule has 1 aliphatic rings. The number of hydrogen-bond acceptors (Lipinski definition) is 3. The number of carbonyl (C=O) groups is 1. The molecule has 152 valence electrons. The van der Waals surface area contributed by atoms with Crippen LogP contribution >= 0.6 is 0 Å². The molecular weight excluding hydrogens is 350 g/mol. The van der Waals surface area contributed by atoms with Crippen molar-refractivity contribution in [3.63, 3.8) is 0 Å². The van der Waals surface area contributed by atoms with Crippen molar-refractivity contribution in [2.45, 2.75) is 77.4 Å². The third kappa shape index (κ3) is 4.49. The molecular formula is C24H33NO3. The number of rotatable bonds is 7. The van der Waals surface area contributed by atoms with Gasteiger partial charge in [0.2, 0.25) is 0 Å². The highest BCUT2D eigenvalue weighted by atomic mass is 16.5. The Morgan fingerprint density at radius 2 is 1.71 bits per heavy atom. The average molecular weight is 384 g/mol. The average Bonchev–Trinajstić information content (AvgIpc) is 2.96. The van der Waals surface area contributed by atoms with Crippen LogP contribution in [0.5, 0.6) is 5.75 Å². The van der Waals surface area contributed by atoms with E-state index in [-0.39, 0.29) is 12.0 Å². The van der Waals surface area contributed by atoms with Crippen molar-refractivity contribution in [3.05, 3.63) is 36.4 Å². The van der Waals surface area contributed by atoms with Gasteiger partial charge in [0, 0.05) is 23.1 Å². The van der Waals surface area contributed by atoms with Gasteiger partial charge in [0.1, 0.15) is 11.4 Å². The summed E-state index contributed by atoms with van der Waals surface area (Å²) < 4.78 is 12.1. The van der Waals surface area contributed by atoms with Gasteiger partial charge < -0.3 is 14.8 Å². The molecule has 1 atom stereocenters. The Kier molecular flexibility index (Phi) is 6.95. The Labute approximate surface area is 168 Å². The maximum absolute atomic E-state index is 13.3. The van der Waals surface area contributed by atoms with Crippen molar-refractivity contribution in [2.24, 2.45) is 0 Å². The Morgan fingerprint density at radius 1 is 1.04 bits per heavy atom. The number of hydrogen-bond donors (Lipinski definition) is 1. The second-order valence-corrected chi connectivity index (χ2v) is 7.79. The Bertz CT molecular complexity index is 794. The van der Waals surface area contributed by atoms with Gasteiger partial charge in [0.15, 0.2) is 0 Å². The molecule has 1 saturated carbocycles. The lowest BCUT2D eigenvalue weighted by Gasteiger charge is -2.31. The van der Waals surface area contributed by atoms with Gasteiger partial charge in [-0.1, -0.05) is 56.9 Å². The largest absolute Gasteiger partial charge is 0.490 e. The lowest BCUT2D eigenvalue weighted by Crippen LogP contribution is -2.45. The Morgan fingerprint density at radius 3 is 2.36 bits per heavy atom. The minimum absolute atomic E-state index is 0.0167. The normalized spacial score (nSPS) is 17.7. The molecule has 3 rings (SSSR count). The van der Waals surface area contributed by atoms with Gasteiger partial charge in [-0.25, -0.2) is 0 Å². The van der Waals surface area contributed by atoms with E-state index in [1.54, 1.807) is 0 Å². The van der Waals surface area contributed by atoms with Gasteiger partial charge in [-0.3, -0.25) is 4.79 Å². The molecule has 0 unspecified atom stereocenters. The second-order valence-electron chi connectivity index (χ2n) is 7.79. The molecule has 0 saturated heterocycles. The standard InChI is InChI=1S/C24H33NO3/c1-4-18(3)28-22-15-14-21(19-12-8-9-13-20(19)22)25-23(26)24(27-5-2)16-10-6-7-11-17-24/h8-9,12-15,18H,4-7,10-11,16-17H2,1-3H3,(H,25,26)/t18-/m1/s1. The summed E-state index contributed by atoms with van der Waals surface area (Å²) in [6.07, 6.45) is 7.10. The third-order valence-corrected chi connectivity index (χ3v) is 5.78. The topological polar surface area (TPSA) is 47.6 Å². The molecule has 2 aromatic rings. The molecule has 0 spiro atoms. The summed E-state index contributed by atoms with van der Waals surface area (Å²) >= 11 is 0. The Balaban J connectivity index is 1.91. The van der Waals surface area contributed by atoms with E-state index in [1.807, 2.05) is 43.3 Å². The first kappa shape index (κ1) is 20.7. The van der Waals surface area contributed by atoms with E-state index in [4.69, 9.17) is 9.47 Å². The zero-order chi connectivity index (χ0) is 20.0. The highest BCUT2D eigenvalue weighted by Crippen LogP contribution is 2.35. The fraction of sp³-hybridized carbons (Fsp3) is 0.542. The van der Waals surface area contributed by atoms with E-state index in [2.05, 4.69) is 19.2 Å². The molecule has 4 nitrogen and oxygen atoms in total. The van der Waals surface area contributed by atoms with E-state index >= 15 is 0 Å². The number of nitrogens with one attached hydrogen (secondary N) is 1. The van der Waals surface area contributed by atoms with Gasteiger partial charge in [0.25, 0.3) is 5.91 Å². The molecule has 1 N–H and O–H groups in total. The number of fused-ring (bicyclic) bond motifs is 1. The van der Waals surface area contributed by atoms with Crippen molar-refractivity contribution in [1.82, 2.24) is 0 Å².